The van der Waals surface area contributed by atoms with Crippen LogP contribution in [0.4, 0.5) is 0 Å². The van der Waals surface area contributed by atoms with E-state index in [9.17, 15) is 0 Å². The molecule has 2 aromatic rings. The predicted molar refractivity (Wildman–Crippen MR) is 89.6 cm³/mol. The first-order valence-corrected chi connectivity index (χ1v) is 8.10. The van der Waals surface area contributed by atoms with Gasteiger partial charge in [-0.05, 0) is 29.7 Å². The minimum atomic E-state index is 0.799. The van der Waals surface area contributed by atoms with Gasteiger partial charge in [0.15, 0.2) is 0 Å². The highest BCUT2D eigenvalue weighted by Crippen LogP contribution is 2.21. The lowest BCUT2D eigenvalue weighted by Crippen LogP contribution is -1.97. The fourth-order valence-electron chi connectivity index (χ4n) is 2.38. The van der Waals surface area contributed by atoms with E-state index in [1.807, 2.05) is 18.2 Å². The van der Waals surface area contributed by atoms with Gasteiger partial charge in [0.05, 0.1) is 6.61 Å². The molecule has 0 spiro atoms. The number of rotatable bonds is 9. The molecule has 2 aromatic carbocycles. The zero-order valence-corrected chi connectivity index (χ0v) is 13.0. The highest BCUT2D eigenvalue weighted by molar-refractivity contribution is 5.63. The van der Waals surface area contributed by atoms with Crippen molar-refractivity contribution in [3.05, 3.63) is 54.6 Å². The standard InChI is InChI=1S/C20H25O/c1-2-3-4-5-6-10-17-21-20-15-13-19(14-16-20)18-11-8-7-9-12-18/h7-9,11-15H,2-6,10,17H2,1H3. The Hall–Kier alpha value is -1.76. The van der Waals surface area contributed by atoms with Gasteiger partial charge in [-0.2, -0.15) is 0 Å². The Morgan fingerprint density at radius 1 is 0.810 bits per heavy atom. The van der Waals surface area contributed by atoms with E-state index in [4.69, 9.17) is 4.74 Å². The van der Waals surface area contributed by atoms with Gasteiger partial charge in [-0.25, -0.2) is 0 Å². The molecular formula is C20H25O. The summed E-state index contributed by atoms with van der Waals surface area (Å²) < 4.78 is 5.75. The smallest absolute Gasteiger partial charge is 0.127 e. The zero-order valence-electron chi connectivity index (χ0n) is 13.0. The van der Waals surface area contributed by atoms with E-state index in [2.05, 4.69) is 43.3 Å². The lowest BCUT2D eigenvalue weighted by Gasteiger charge is -2.07. The SMILES string of the molecule is CCCCCCCCOc1[c]cc(-c2ccccc2)cc1. The maximum absolute atomic E-state index is 5.75. The first-order chi connectivity index (χ1) is 10.4. The van der Waals surface area contributed by atoms with E-state index in [0.29, 0.717) is 0 Å². The van der Waals surface area contributed by atoms with Gasteiger partial charge in [0.2, 0.25) is 0 Å². The summed E-state index contributed by atoms with van der Waals surface area (Å²) >= 11 is 0. The molecule has 1 heteroatoms. The average molecular weight is 281 g/mol. The van der Waals surface area contributed by atoms with Crippen LogP contribution < -0.4 is 4.74 Å². The van der Waals surface area contributed by atoms with Crippen molar-refractivity contribution in [1.29, 1.82) is 0 Å². The third kappa shape index (κ3) is 5.63. The Morgan fingerprint density at radius 2 is 1.57 bits per heavy atom. The molecule has 0 saturated heterocycles. The quantitative estimate of drug-likeness (QED) is 0.520. The van der Waals surface area contributed by atoms with Crippen molar-refractivity contribution in [2.75, 3.05) is 6.61 Å². The summed E-state index contributed by atoms with van der Waals surface area (Å²) in [7, 11) is 0. The van der Waals surface area contributed by atoms with Crippen LogP contribution in [0.15, 0.2) is 48.5 Å². The van der Waals surface area contributed by atoms with E-state index in [1.165, 1.54) is 43.2 Å². The maximum Gasteiger partial charge on any atom is 0.127 e. The summed E-state index contributed by atoms with van der Waals surface area (Å²) in [6, 6.07) is 19.7. The number of hydrogen-bond acceptors (Lipinski definition) is 1. The molecule has 0 aliphatic rings. The Balaban J connectivity index is 1.71. The molecule has 0 unspecified atom stereocenters. The molecule has 2 rings (SSSR count). The molecule has 21 heavy (non-hydrogen) atoms. The van der Waals surface area contributed by atoms with Gasteiger partial charge >= 0.3 is 0 Å². The second kappa shape index (κ2) is 9.23. The van der Waals surface area contributed by atoms with Crippen LogP contribution in [-0.4, -0.2) is 6.61 Å². The largest absolute Gasteiger partial charge is 0.493 e. The third-order valence-corrected chi connectivity index (χ3v) is 3.65. The molecule has 0 heterocycles. The molecule has 0 aliphatic carbocycles. The summed E-state index contributed by atoms with van der Waals surface area (Å²) in [6.45, 7) is 3.05. The van der Waals surface area contributed by atoms with E-state index >= 15 is 0 Å². The van der Waals surface area contributed by atoms with Crippen LogP contribution in [0.3, 0.4) is 0 Å². The van der Waals surface area contributed by atoms with E-state index in [-0.39, 0.29) is 0 Å². The molecule has 111 valence electrons. The normalized spacial score (nSPS) is 10.5. The van der Waals surface area contributed by atoms with Crippen LogP contribution in [0, 0.1) is 6.07 Å². The number of unbranched alkanes of at least 4 members (excludes halogenated alkanes) is 5. The van der Waals surface area contributed by atoms with Crippen molar-refractivity contribution >= 4 is 0 Å². The minimum absolute atomic E-state index is 0.799. The van der Waals surface area contributed by atoms with Crippen molar-refractivity contribution < 1.29 is 4.74 Å². The minimum Gasteiger partial charge on any atom is -0.493 e. The van der Waals surface area contributed by atoms with Crippen LogP contribution in [0.2, 0.25) is 0 Å². The lowest BCUT2D eigenvalue weighted by molar-refractivity contribution is 0.304. The van der Waals surface area contributed by atoms with Crippen molar-refractivity contribution in [2.24, 2.45) is 0 Å². The summed E-state index contributed by atoms with van der Waals surface area (Å²) in [5.41, 5.74) is 2.40. The highest BCUT2D eigenvalue weighted by atomic mass is 16.5. The monoisotopic (exact) mass is 281 g/mol. The molecule has 0 bridgehead atoms. The van der Waals surface area contributed by atoms with Gasteiger partial charge in [0, 0.05) is 6.07 Å². The molecule has 0 fully saturated rings. The maximum atomic E-state index is 5.75. The summed E-state index contributed by atoms with van der Waals surface area (Å²) in [6.07, 6.45) is 7.75. The average Bonchev–Trinajstić information content (AvgIpc) is 2.55. The summed E-state index contributed by atoms with van der Waals surface area (Å²) in [5, 5.41) is 0. The van der Waals surface area contributed by atoms with Crippen LogP contribution in [-0.2, 0) is 0 Å². The lowest BCUT2D eigenvalue weighted by atomic mass is 10.1. The summed E-state index contributed by atoms with van der Waals surface area (Å²) in [5.74, 6) is 0.850. The van der Waals surface area contributed by atoms with Crippen molar-refractivity contribution in [3.63, 3.8) is 0 Å². The third-order valence-electron chi connectivity index (χ3n) is 3.65. The molecule has 0 atom stereocenters. The molecule has 1 nitrogen and oxygen atoms in total. The number of benzene rings is 2. The van der Waals surface area contributed by atoms with Crippen LogP contribution in [0.1, 0.15) is 45.4 Å². The molecule has 0 amide bonds. The number of ether oxygens (including phenoxy) is 1. The molecular weight excluding hydrogens is 256 g/mol. The fourth-order valence-corrected chi connectivity index (χ4v) is 2.38. The zero-order chi connectivity index (χ0) is 14.8. The van der Waals surface area contributed by atoms with Gasteiger partial charge in [-0.1, -0.05) is 75.4 Å². The topological polar surface area (TPSA) is 9.23 Å². The predicted octanol–water partition coefficient (Wildman–Crippen LogP) is 5.89. The van der Waals surface area contributed by atoms with Crippen molar-refractivity contribution in [2.45, 2.75) is 45.4 Å². The second-order valence-corrected chi connectivity index (χ2v) is 5.42. The van der Waals surface area contributed by atoms with Crippen LogP contribution in [0.25, 0.3) is 11.1 Å². The van der Waals surface area contributed by atoms with Gasteiger partial charge in [-0.15, -0.1) is 0 Å². The Kier molecular flexibility index (Phi) is 6.87. The first-order valence-electron chi connectivity index (χ1n) is 8.10. The van der Waals surface area contributed by atoms with Crippen molar-refractivity contribution in [1.82, 2.24) is 0 Å². The van der Waals surface area contributed by atoms with E-state index < -0.39 is 0 Å². The molecule has 1 radical (unpaired) electrons. The van der Waals surface area contributed by atoms with Gasteiger partial charge in [0.1, 0.15) is 5.75 Å². The van der Waals surface area contributed by atoms with Crippen LogP contribution in [0.5, 0.6) is 5.75 Å². The van der Waals surface area contributed by atoms with Gasteiger partial charge in [0.25, 0.3) is 0 Å². The van der Waals surface area contributed by atoms with Gasteiger partial charge in [-0.3, -0.25) is 0 Å². The Labute approximate surface area is 129 Å². The Bertz CT molecular complexity index is 487. The molecule has 0 saturated carbocycles. The van der Waals surface area contributed by atoms with Gasteiger partial charge < -0.3 is 4.74 Å². The first kappa shape index (κ1) is 15.6. The fraction of sp³-hybridized carbons (Fsp3) is 0.400. The molecule has 0 aliphatic heterocycles. The summed E-state index contributed by atoms with van der Waals surface area (Å²) in [4.78, 5) is 0. The highest BCUT2D eigenvalue weighted by Gasteiger charge is 1.98. The Morgan fingerprint density at radius 3 is 2.29 bits per heavy atom. The molecule has 0 aromatic heterocycles. The van der Waals surface area contributed by atoms with Crippen LogP contribution >= 0.6 is 0 Å². The number of hydrogen-bond donors (Lipinski definition) is 0. The van der Waals surface area contributed by atoms with E-state index in [1.54, 1.807) is 0 Å². The van der Waals surface area contributed by atoms with E-state index in [0.717, 1.165) is 18.8 Å². The van der Waals surface area contributed by atoms with Crippen molar-refractivity contribution in [3.8, 4) is 16.9 Å². The molecule has 0 N–H and O–H groups in total. The second-order valence-electron chi connectivity index (χ2n) is 5.42.